The predicted molar refractivity (Wildman–Crippen MR) is 81.4 cm³/mol. The molecular formula is C16H29NO2. The largest absolute Gasteiger partial charge is 0.480 e. The number of rotatable bonds is 5. The van der Waals surface area contributed by atoms with Gasteiger partial charge in [0.2, 0.25) is 0 Å². The first-order valence-corrected chi connectivity index (χ1v) is 7.50. The highest BCUT2D eigenvalue weighted by Crippen LogP contribution is 2.19. The number of nitrogens with zero attached hydrogens (tertiary/aromatic N) is 1. The minimum atomic E-state index is -0.732. The fourth-order valence-corrected chi connectivity index (χ4v) is 2.39. The van der Waals surface area contributed by atoms with E-state index < -0.39 is 12.0 Å². The summed E-state index contributed by atoms with van der Waals surface area (Å²) in [6.45, 7) is 9.77. The molecule has 1 fully saturated rings. The highest BCUT2D eigenvalue weighted by molar-refractivity contribution is 5.78. The molecule has 1 N–H and O–H groups in total. The summed E-state index contributed by atoms with van der Waals surface area (Å²) >= 11 is 0. The van der Waals surface area contributed by atoms with Crippen LogP contribution in [-0.2, 0) is 4.79 Å². The van der Waals surface area contributed by atoms with E-state index in [1.807, 2.05) is 45.9 Å². The summed E-state index contributed by atoms with van der Waals surface area (Å²) in [6, 6.07) is -0.466. The molecule has 0 amide bonds. The van der Waals surface area contributed by atoms with Crippen LogP contribution in [0.1, 0.15) is 53.4 Å². The van der Waals surface area contributed by atoms with Crippen LogP contribution in [0.3, 0.4) is 0 Å². The highest BCUT2D eigenvalue weighted by atomic mass is 16.4. The average molecular weight is 267 g/mol. The Morgan fingerprint density at radius 1 is 1.26 bits per heavy atom. The van der Waals surface area contributed by atoms with Gasteiger partial charge in [0.1, 0.15) is 6.04 Å². The molecule has 3 nitrogen and oxygen atoms in total. The number of hydrogen-bond acceptors (Lipinski definition) is 2. The third-order valence-corrected chi connectivity index (χ3v) is 3.10. The standard InChI is InChI=1S/C14H23NO2.C2H6/c1-3-8-12(9-4-2)13(14(16)17)15-10-6-5-7-11-15;1-2/h3,8-9,13H,4-7,10-11H2,1-2H3,(H,16,17);1-2H3/b8-3-,12-9+;. The lowest BCUT2D eigenvalue weighted by atomic mass is 10.0. The van der Waals surface area contributed by atoms with Crippen LogP contribution < -0.4 is 0 Å². The summed E-state index contributed by atoms with van der Waals surface area (Å²) in [4.78, 5) is 13.6. The molecular weight excluding hydrogens is 238 g/mol. The minimum absolute atomic E-state index is 0.466. The Hall–Kier alpha value is -1.09. The van der Waals surface area contributed by atoms with Crippen molar-refractivity contribution in [1.29, 1.82) is 0 Å². The molecule has 1 rings (SSSR count). The summed E-state index contributed by atoms with van der Waals surface area (Å²) < 4.78 is 0. The first kappa shape index (κ1) is 17.9. The van der Waals surface area contributed by atoms with Crippen LogP contribution in [0.15, 0.2) is 23.8 Å². The van der Waals surface area contributed by atoms with Crippen LogP contribution in [0.5, 0.6) is 0 Å². The number of carboxylic acid groups (broad SMARTS) is 1. The summed E-state index contributed by atoms with van der Waals surface area (Å²) in [7, 11) is 0. The van der Waals surface area contributed by atoms with Crippen LogP contribution in [0.2, 0.25) is 0 Å². The van der Waals surface area contributed by atoms with Gasteiger partial charge in [-0.25, -0.2) is 0 Å². The number of carbonyl (C=O) groups is 1. The lowest BCUT2D eigenvalue weighted by Gasteiger charge is -2.32. The van der Waals surface area contributed by atoms with Gasteiger partial charge in [0, 0.05) is 0 Å². The van der Waals surface area contributed by atoms with E-state index in [2.05, 4.69) is 4.90 Å². The zero-order valence-corrected chi connectivity index (χ0v) is 12.9. The first-order chi connectivity index (χ1) is 9.20. The van der Waals surface area contributed by atoms with E-state index >= 15 is 0 Å². The van der Waals surface area contributed by atoms with Crippen LogP contribution in [0.25, 0.3) is 0 Å². The van der Waals surface area contributed by atoms with Crippen molar-refractivity contribution in [2.75, 3.05) is 13.1 Å². The van der Waals surface area contributed by atoms with Crippen molar-refractivity contribution in [3.8, 4) is 0 Å². The van der Waals surface area contributed by atoms with Crippen LogP contribution in [0, 0.1) is 0 Å². The molecule has 110 valence electrons. The second-order valence-corrected chi connectivity index (χ2v) is 4.45. The first-order valence-electron chi connectivity index (χ1n) is 7.50. The molecule has 19 heavy (non-hydrogen) atoms. The van der Waals surface area contributed by atoms with Gasteiger partial charge in [-0.2, -0.15) is 0 Å². The Bertz CT molecular complexity index is 302. The molecule has 0 aromatic heterocycles. The smallest absolute Gasteiger partial charge is 0.325 e. The molecule has 1 atom stereocenters. The van der Waals surface area contributed by atoms with Gasteiger partial charge in [-0.1, -0.05) is 45.4 Å². The molecule has 3 heteroatoms. The SMILES string of the molecule is C/C=C\C(=C/CC)C(C(=O)O)N1CCCCC1.CC. The molecule has 0 aromatic carbocycles. The van der Waals surface area contributed by atoms with E-state index in [-0.39, 0.29) is 0 Å². The monoisotopic (exact) mass is 267 g/mol. The van der Waals surface area contributed by atoms with Crippen molar-refractivity contribution in [2.45, 2.75) is 59.4 Å². The Morgan fingerprint density at radius 2 is 1.84 bits per heavy atom. The van der Waals surface area contributed by atoms with Gasteiger partial charge in [0.05, 0.1) is 0 Å². The van der Waals surface area contributed by atoms with Gasteiger partial charge in [-0.3, -0.25) is 9.69 Å². The fraction of sp³-hybridized carbons (Fsp3) is 0.688. The Balaban J connectivity index is 0.00000154. The van der Waals surface area contributed by atoms with Crippen molar-refractivity contribution in [3.63, 3.8) is 0 Å². The molecule has 1 aliphatic heterocycles. The van der Waals surface area contributed by atoms with Gasteiger partial charge in [0.15, 0.2) is 0 Å². The normalized spacial score (nSPS) is 18.8. The van der Waals surface area contributed by atoms with Gasteiger partial charge in [0.25, 0.3) is 0 Å². The lowest BCUT2D eigenvalue weighted by molar-refractivity contribution is -0.142. The summed E-state index contributed by atoms with van der Waals surface area (Å²) in [6.07, 6.45) is 10.2. The molecule has 0 aromatic rings. The number of allylic oxidation sites excluding steroid dienone is 2. The molecule has 0 spiro atoms. The van der Waals surface area contributed by atoms with E-state index in [4.69, 9.17) is 0 Å². The fourth-order valence-electron chi connectivity index (χ4n) is 2.39. The maximum absolute atomic E-state index is 11.5. The van der Waals surface area contributed by atoms with Crippen molar-refractivity contribution < 1.29 is 9.90 Å². The van der Waals surface area contributed by atoms with Gasteiger partial charge in [-0.15, -0.1) is 0 Å². The third kappa shape index (κ3) is 6.06. The molecule has 1 heterocycles. The summed E-state index contributed by atoms with van der Waals surface area (Å²) in [5.74, 6) is -0.732. The van der Waals surface area contributed by atoms with Crippen LogP contribution in [0.4, 0.5) is 0 Å². The topological polar surface area (TPSA) is 40.5 Å². The number of carboxylic acids is 1. The van der Waals surface area contributed by atoms with E-state index in [1.54, 1.807) is 0 Å². The quantitative estimate of drug-likeness (QED) is 0.769. The lowest BCUT2D eigenvalue weighted by Crippen LogP contribution is -2.45. The number of hydrogen-bond donors (Lipinski definition) is 1. The summed E-state index contributed by atoms with van der Waals surface area (Å²) in [5.41, 5.74) is 0.921. The Labute approximate surface area is 118 Å². The van der Waals surface area contributed by atoms with E-state index in [9.17, 15) is 9.90 Å². The minimum Gasteiger partial charge on any atom is -0.480 e. The molecule has 1 saturated heterocycles. The summed E-state index contributed by atoms with van der Waals surface area (Å²) in [5, 5.41) is 9.43. The number of likely N-dealkylation sites (tertiary alicyclic amines) is 1. The van der Waals surface area contributed by atoms with Crippen molar-refractivity contribution in [3.05, 3.63) is 23.8 Å². The Morgan fingerprint density at radius 3 is 2.26 bits per heavy atom. The highest BCUT2D eigenvalue weighted by Gasteiger charge is 2.28. The third-order valence-electron chi connectivity index (χ3n) is 3.10. The van der Waals surface area contributed by atoms with Crippen molar-refractivity contribution in [1.82, 2.24) is 4.90 Å². The van der Waals surface area contributed by atoms with Crippen LogP contribution in [-0.4, -0.2) is 35.1 Å². The maximum Gasteiger partial charge on any atom is 0.325 e. The molecule has 0 aliphatic carbocycles. The Kier molecular flexibility index (Phi) is 10.2. The number of piperidine rings is 1. The predicted octanol–water partition coefficient (Wildman–Crippen LogP) is 3.86. The average Bonchev–Trinajstić information content (AvgIpc) is 2.42. The number of aliphatic carboxylic acids is 1. The van der Waals surface area contributed by atoms with Crippen molar-refractivity contribution >= 4 is 5.97 Å². The second-order valence-electron chi connectivity index (χ2n) is 4.45. The van der Waals surface area contributed by atoms with Crippen LogP contribution >= 0.6 is 0 Å². The van der Waals surface area contributed by atoms with Gasteiger partial charge < -0.3 is 5.11 Å². The molecule has 1 aliphatic rings. The molecule has 0 radical (unpaired) electrons. The van der Waals surface area contributed by atoms with E-state index in [1.165, 1.54) is 6.42 Å². The van der Waals surface area contributed by atoms with Crippen molar-refractivity contribution in [2.24, 2.45) is 0 Å². The van der Waals surface area contributed by atoms with Gasteiger partial charge >= 0.3 is 5.97 Å². The molecule has 0 bridgehead atoms. The van der Waals surface area contributed by atoms with Gasteiger partial charge in [-0.05, 0) is 44.8 Å². The molecule has 0 saturated carbocycles. The second kappa shape index (κ2) is 10.8. The van der Waals surface area contributed by atoms with E-state index in [0.717, 1.165) is 37.9 Å². The zero-order valence-electron chi connectivity index (χ0n) is 12.9. The maximum atomic E-state index is 11.5. The molecule has 1 unspecified atom stereocenters. The van der Waals surface area contributed by atoms with E-state index in [0.29, 0.717) is 0 Å². The zero-order chi connectivity index (χ0) is 14.7.